The van der Waals surface area contributed by atoms with Crippen LogP contribution in [0.3, 0.4) is 0 Å². The summed E-state index contributed by atoms with van der Waals surface area (Å²) in [6.45, 7) is 7.93. The Balaban J connectivity index is 5.01. The van der Waals surface area contributed by atoms with Gasteiger partial charge in [-0.25, -0.2) is 0 Å². The predicted molar refractivity (Wildman–Crippen MR) is 147 cm³/mol. The first-order chi connectivity index (χ1) is 17.3. The molecule has 0 spiro atoms. The van der Waals surface area contributed by atoms with Crippen molar-refractivity contribution in [2.24, 2.45) is 0 Å². The molecule has 0 aliphatic heterocycles. The minimum Gasteiger partial charge on any atom is -0.377 e. The van der Waals surface area contributed by atoms with Gasteiger partial charge in [-0.2, -0.15) is 0 Å². The molecule has 0 atom stereocenters. The third-order valence-corrected chi connectivity index (χ3v) is 15.3. The average molecular weight is 575 g/mol. The maximum atomic E-state index is 5.60. The van der Waals surface area contributed by atoms with Crippen LogP contribution in [0.25, 0.3) is 0 Å². The van der Waals surface area contributed by atoms with Gasteiger partial charge >= 0.3 is 26.4 Å². The standard InChI is InChI=1S/C22H54N2O9Si3/c1-11-23(15-12-20-34(25-2,26-3)27-4)18-19-24(16-13-21-35(28-5,29-6)30-7)17-14-22-36(31-8,32-9)33-10/h11-22H2,1-10H3. The second-order valence-electron chi connectivity index (χ2n) is 8.47. The Hall–Kier alpha value is 0.211. The lowest BCUT2D eigenvalue weighted by Crippen LogP contribution is -2.45. The second kappa shape index (κ2) is 20.2. The van der Waals surface area contributed by atoms with E-state index in [2.05, 4.69) is 16.7 Å². The number of nitrogens with zero attached hydrogens (tertiary/aromatic N) is 2. The highest BCUT2D eigenvalue weighted by Gasteiger charge is 2.39. The molecule has 0 saturated carbocycles. The fourth-order valence-corrected chi connectivity index (χ4v) is 9.38. The van der Waals surface area contributed by atoms with Gasteiger partial charge in [0.2, 0.25) is 0 Å². The lowest BCUT2D eigenvalue weighted by molar-refractivity contribution is 0.117. The fraction of sp³-hybridized carbons (Fsp3) is 1.00. The van der Waals surface area contributed by atoms with Crippen LogP contribution in [0.2, 0.25) is 18.1 Å². The molecule has 0 unspecified atom stereocenters. The monoisotopic (exact) mass is 574 g/mol. The van der Waals surface area contributed by atoms with Crippen molar-refractivity contribution >= 4 is 26.4 Å². The maximum absolute atomic E-state index is 5.60. The first kappa shape index (κ1) is 36.2. The quantitative estimate of drug-likeness (QED) is 0.151. The van der Waals surface area contributed by atoms with E-state index in [-0.39, 0.29) is 0 Å². The molecule has 0 heterocycles. The van der Waals surface area contributed by atoms with Crippen molar-refractivity contribution in [1.29, 1.82) is 0 Å². The first-order valence-electron chi connectivity index (χ1n) is 12.7. The van der Waals surface area contributed by atoms with Crippen molar-refractivity contribution < 1.29 is 39.8 Å². The summed E-state index contributed by atoms with van der Waals surface area (Å²) >= 11 is 0. The van der Waals surface area contributed by atoms with Crippen LogP contribution >= 0.6 is 0 Å². The van der Waals surface area contributed by atoms with E-state index >= 15 is 0 Å². The van der Waals surface area contributed by atoms with E-state index in [1.54, 1.807) is 64.0 Å². The van der Waals surface area contributed by atoms with E-state index < -0.39 is 26.4 Å². The fourth-order valence-electron chi connectivity index (χ4n) is 4.27. The Bertz CT molecular complexity index is 478. The zero-order chi connectivity index (χ0) is 27.5. The van der Waals surface area contributed by atoms with Gasteiger partial charge in [0.25, 0.3) is 0 Å². The molecule has 0 radical (unpaired) electrons. The van der Waals surface area contributed by atoms with E-state index in [0.717, 1.165) is 76.7 Å². The average Bonchev–Trinajstić information content (AvgIpc) is 2.93. The molecule has 0 fully saturated rings. The highest BCUT2D eigenvalue weighted by Crippen LogP contribution is 2.18. The van der Waals surface area contributed by atoms with Gasteiger partial charge < -0.3 is 49.6 Å². The van der Waals surface area contributed by atoms with E-state index in [1.165, 1.54) is 0 Å². The molecule has 0 aromatic heterocycles. The molecular weight excluding hydrogens is 521 g/mol. The van der Waals surface area contributed by atoms with Crippen LogP contribution in [0, 0.1) is 0 Å². The van der Waals surface area contributed by atoms with Crippen LogP contribution in [0.1, 0.15) is 26.2 Å². The van der Waals surface area contributed by atoms with Gasteiger partial charge in [-0.3, -0.25) is 0 Å². The maximum Gasteiger partial charge on any atom is 0.500 e. The molecule has 0 N–H and O–H groups in total. The van der Waals surface area contributed by atoms with E-state index in [0.29, 0.717) is 0 Å². The summed E-state index contributed by atoms with van der Waals surface area (Å²) in [5.41, 5.74) is 0. The third kappa shape index (κ3) is 12.4. The summed E-state index contributed by atoms with van der Waals surface area (Å²) in [5.74, 6) is 0. The van der Waals surface area contributed by atoms with Crippen LogP contribution in [-0.4, -0.2) is 139 Å². The Labute approximate surface area is 223 Å². The van der Waals surface area contributed by atoms with Crippen LogP contribution < -0.4 is 0 Å². The molecule has 0 rings (SSSR count). The van der Waals surface area contributed by atoms with Crippen molar-refractivity contribution in [2.75, 3.05) is 103 Å². The van der Waals surface area contributed by atoms with Crippen molar-refractivity contribution in [3.8, 4) is 0 Å². The van der Waals surface area contributed by atoms with Crippen molar-refractivity contribution in [1.82, 2.24) is 9.80 Å². The molecule has 36 heavy (non-hydrogen) atoms. The minimum absolute atomic E-state index is 0.773. The SMILES string of the molecule is CCN(CCC[Si](OC)(OC)OC)CCN(CCC[Si](OC)(OC)OC)CCC[Si](OC)(OC)OC. The van der Waals surface area contributed by atoms with E-state index in [4.69, 9.17) is 39.8 Å². The highest BCUT2D eigenvalue weighted by atomic mass is 28.4. The summed E-state index contributed by atoms with van der Waals surface area (Å²) in [7, 11) is 7.26. The van der Waals surface area contributed by atoms with Gasteiger partial charge in [0.05, 0.1) is 0 Å². The van der Waals surface area contributed by atoms with Crippen molar-refractivity contribution in [2.45, 2.75) is 44.3 Å². The molecule has 218 valence electrons. The molecule has 14 heteroatoms. The van der Waals surface area contributed by atoms with Gasteiger partial charge in [0.1, 0.15) is 0 Å². The normalized spacial score (nSPS) is 13.3. The van der Waals surface area contributed by atoms with E-state index in [9.17, 15) is 0 Å². The highest BCUT2D eigenvalue weighted by molar-refractivity contribution is 6.61. The first-order valence-corrected chi connectivity index (χ1v) is 18.5. The summed E-state index contributed by atoms with van der Waals surface area (Å²) < 4.78 is 50.3. The molecule has 0 amide bonds. The zero-order valence-corrected chi connectivity index (χ0v) is 27.6. The number of hydrogen-bond donors (Lipinski definition) is 0. The minimum atomic E-state index is -2.58. The van der Waals surface area contributed by atoms with Gasteiger partial charge in [-0.1, -0.05) is 6.92 Å². The largest absolute Gasteiger partial charge is 0.500 e. The molecule has 0 aliphatic carbocycles. The molecule has 0 aliphatic rings. The Kier molecular flexibility index (Phi) is 20.3. The topological polar surface area (TPSA) is 89.6 Å². The van der Waals surface area contributed by atoms with E-state index in [1.807, 2.05) is 0 Å². The molecule has 0 bridgehead atoms. The lowest BCUT2D eigenvalue weighted by atomic mass is 10.3. The second-order valence-corrected chi connectivity index (χ2v) is 17.7. The molecule has 11 nitrogen and oxygen atoms in total. The predicted octanol–water partition coefficient (Wildman–Crippen LogP) is 2.41. The Morgan fingerprint density at radius 1 is 0.389 bits per heavy atom. The number of hydrogen-bond acceptors (Lipinski definition) is 11. The van der Waals surface area contributed by atoms with Gasteiger partial charge in [0, 0.05) is 95.2 Å². The molecular formula is C22H54N2O9Si3. The molecule has 0 saturated heterocycles. The zero-order valence-electron chi connectivity index (χ0n) is 24.6. The Morgan fingerprint density at radius 3 is 0.889 bits per heavy atom. The number of rotatable bonds is 25. The summed E-state index contributed by atoms with van der Waals surface area (Å²) in [6, 6.07) is 2.34. The summed E-state index contributed by atoms with van der Waals surface area (Å²) in [4.78, 5) is 4.95. The van der Waals surface area contributed by atoms with Crippen LogP contribution in [0.5, 0.6) is 0 Å². The van der Waals surface area contributed by atoms with Gasteiger partial charge in [0.15, 0.2) is 0 Å². The summed E-state index contributed by atoms with van der Waals surface area (Å²) in [6.07, 6.45) is 2.82. The van der Waals surface area contributed by atoms with Crippen LogP contribution in [0.15, 0.2) is 0 Å². The smallest absolute Gasteiger partial charge is 0.377 e. The van der Waals surface area contributed by atoms with Crippen molar-refractivity contribution in [3.63, 3.8) is 0 Å². The molecule has 0 aromatic carbocycles. The van der Waals surface area contributed by atoms with Crippen molar-refractivity contribution in [3.05, 3.63) is 0 Å². The lowest BCUT2D eigenvalue weighted by Gasteiger charge is -2.30. The van der Waals surface area contributed by atoms with Gasteiger partial charge in [-0.15, -0.1) is 0 Å². The molecule has 0 aromatic rings. The number of likely N-dealkylation sites (N-methyl/N-ethyl adjacent to an activating group) is 1. The van der Waals surface area contributed by atoms with Gasteiger partial charge in [-0.05, 0) is 45.4 Å². The van der Waals surface area contributed by atoms with Crippen LogP contribution in [0.4, 0.5) is 0 Å². The summed E-state index contributed by atoms with van der Waals surface area (Å²) in [5, 5.41) is 0. The Morgan fingerprint density at radius 2 is 0.639 bits per heavy atom. The third-order valence-electron chi connectivity index (χ3n) is 6.85. The van der Waals surface area contributed by atoms with Crippen LogP contribution in [-0.2, 0) is 39.8 Å².